The monoisotopic (exact) mass is 1190 g/mol. The molecule has 9 nitrogen and oxygen atoms in total. The van der Waals surface area contributed by atoms with Crippen LogP contribution in [0.5, 0.6) is 0 Å². The van der Waals surface area contributed by atoms with Crippen molar-refractivity contribution in [1.82, 2.24) is 5.32 Å². The van der Waals surface area contributed by atoms with Gasteiger partial charge in [-0.15, -0.1) is 0 Å². The van der Waals surface area contributed by atoms with Gasteiger partial charge in [-0.3, -0.25) is 4.79 Å². The zero-order valence-electron chi connectivity index (χ0n) is 55.1. The van der Waals surface area contributed by atoms with Crippen molar-refractivity contribution in [3.63, 3.8) is 0 Å². The zero-order valence-corrected chi connectivity index (χ0v) is 55.1. The van der Waals surface area contributed by atoms with Gasteiger partial charge < -0.3 is 40.3 Å². The first kappa shape index (κ1) is 80.1. The smallest absolute Gasteiger partial charge is 0.220 e. The summed E-state index contributed by atoms with van der Waals surface area (Å²) in [6.07, 6.45) is 86.2. The second-order valence-electron chi connectivity index (χ2n) is 24.7. The van der Waals surface area contributed by atoms with E-state index in [2.05, 4.69) is 116 Å². The van der Waals surface area contributed by atoms with Crippen LogP contribution in [-0.4, -0.2) is 87.5 Å². The highest BCUT2D eigenvalue weighted by molar-refractivity contribution is 5.76. The Morgan fingerprint density at radius 2 is 0.729 bits per heavy atom. The largest absolute Gasteiger partial charge is 0.394 e. The molecule has 7 atom stereocenters. The van der Waals surface area contributed by atoms with Crippen molar-refractivity contribution in [3.8, 4) is 0 Å². The maximum atomic E-state index is 13.1. The molecular weight excluding hydrogens is 1050 g/mol. The van der Waals surface area contributed by atoms with Gasteiger partial charge in [-0.25, -0.2) is 0 Å². The lowest BCUT2D eigenvalue weighted by molar-refractivity contribution is -0.302. The van der Waals surface area contributed by atoms with Crippen molar-refractivity contribution in [1.29, 1.82) is 0 Å². The summed E-state index contributed by atoms with van der Waals surface area (Å²) in [5.41, 5.74) is 0. The molecule has 9 heteroatoms. The van der Waals surface area contributed by atoms with Crippen molar-refractivity contribution in [2.24, 2.45) is 0 Å². The Hall–Kier alpha value is -2.89. The van der Waals surface area contributed by atoms with Crippen LogP contribution in [0.2, 0.25) is 0 Å². The fourth-order valence-electron chi connectivity index (χ4n) is 11.1. The molecule has 0 aromatic rings. The van der Waals surface area contributed by atoms with E-state index in [1.165, 1.54) is 193 Å². The number of ether oxygens (including phenoxy) is 2. The summed E-state index contributed by atoms with van der Waals surface area (Å²) in [4.78, 5) is 13.1. The van der Waals surface area contributed by atoms with E-state index in [1.54, 1.807) is 0 Å². The lowest BCUT2D eigenvalue weighted by atomic mass is 9.99. The number of allylic oxidation sites excluding steroid dienone is 16. The van der Waals surface area contributed by atoms with E-state index >= 15 is 0 Å². The Bertz CT molecular complexity index is 1670. The molecule has 1 fully saturated rings. The maximum Gasteiger partial charge on any atom is 0.220 e. The topological polar surface area (TPSA) is 149 Å². The third kappa shape index (κ3) is 52.7. The Morgan fingerprint density at radius 1 is 0.412 bits per heavy atom. The van der Waals surface area contributed by atoms with Gasteiger partial charge >= 0.3 is 0 Å². The summed E-state index contributed by atoms with van der Waals surface area (Å²) in [6.45, 7) is 3.74. The van der Waals surface area contributed by atoms with Crippen molar-refractivity contribution in [3.05, 3.63) is 97.2 Å². The lowest BCUT2D eigenvalue weighted by Crippen LogP contribution is -2.60. The molecule has 6 N–H and O–H groups in total. The van der Waals surface area contributed by atoms with Crippen molar-refractivity contribution in [2.45, 2.75) is 365 Å². The average molecular weight is 1190 g/mol. The van der Waals surface area contributed by atoms with Gasteiger partial charge in [0.25, 0.3) is 0 Å². The molecule has 85 heavy (non-hydrogen) atoms. The minimum atomic E-state index is -1.57. The van der Waals surface area contributed by atoms with E-state index in [1.807, 2.05) is 0 Å². The van der Waals surface area contributed by atoms with Crippen molar-refractivity contribution in [2.75, 3.05) is 13.2 Å². The molecule has 1 saturated heterocycles. The predicted octanol–water partition coefficient (Wildman–Crippen LogP) is 19.9. The number of aliphatic hydroxyl groups is 5. The molecule has 1 aliphatic rings. The minimum absolute atomic E-state index is 0.153. The van der Waals surface area contributed by atoms with Crippen LogP contribution in [0.4, 0.5) is 0 Å². The summed E-state index contributed by atoms with van der Waals surface area (Å²) in [7, 11) is 0. The first-order valence-electron chi connectivity index (χ1n) is 35.9. The number of aliphatic hydroxyl groups excluding tert-OH is 5. The van der Waals surface area contributed by atoms with E-state index in [4.69, 9.17) is 9.47 Å². The van der Waals surface area contributed by atoms with Gasteiger partial charge in [0.1, 0.15) is 24.4 Å². The normalized spacial score (nSPS) is 18.7. The molecule has 0 spiro atoms. The molecule has 1 amide bonds. The van der Waals surface area contributed by atoms with Crippen LogP contribution >= 0.6 is 0 Å². The van der Waals surface area contributed by atoms with Crippen LogP contribution < -0.4 is 5.32 Å². The lowest BCUT2D eigenvalue weighted by Gasteiger charge is -2.40. The first-order chi connectivity index (χ1) is 41.8. The summed E-state index contributed by atoms with van der Waals surface area (Å²) >= 11 is 0. The number of amides is 1. The summed E-state index contributed by atoms with van der Waals surface area (Å²) in [6, 6.07) is -0.743. The average Bonchev–Trinajstić information content (AvgIpc) is 3.56. The quantitative estimate of drug-likeness (QED) is 0.0261. The van der Waals surface area contributed by atoms with E-state index in [0.717, 1.165) is 103 Å². The first-order valence-corrected chi connectivity index (χ1v) is 35.9. The SMILES string of the molecule is CC/C=C\C/C=C\C/C=C\C/C=C\C/C=C\C/C=C\C/C=C\C/C=C\CCCCCCC(=O)NC(COC1OC(CO)C(O)C(O)C1O)C(O)CCCCCCCCCCCCCCCCCCCCCCCCCCCCCCCCCCC. The molecule has 1 aliphatic heterocycles. The fraction of sp³-hybridized carbons (Fsp3) is 0.776. The van der Waals surface area contributed by atoms with E-state index in [9.17, 15) is 30.3 Å². The van der Waals surface area contributed by atoms with Gasteiger partial charge in [0.15, 0.2) is 6.29 Å². The second-order valence-corrected chi connectivity index (χ2v) is 24.7. The third-order valence-electron chi connectivity index (χ3n) is 16.7. The Labute approximate surface area is 523 Å². The van der Waals surface area contributed by atoms with Gasteiger partial charge in [-0.2, -0.15) is 0 Å². The number of hydrogen-bond donors (Lipinski definition) is 6. The molecule has 0 saturated carbocycles. The molecule has 0 radical (unpaired) electrons. The number of carbonyl (C=O) groups is 1. The van der Waals surface area contributed by atoms with E-state index in [0.29, 0.717) is 12.8 Å². The molecule has 7 unspecified atom stereocenters. The number of rotatable bonds is 62. The zero-order chi connectivity index (χ0) is 61.4. The minimum Gasteiger partial charge on any atom is -0.394 e. The molecule has 0 aromatic heterocycles. The van der Waals surface area contributed by atoms with E-state index in [-0.39, 0.29) is 12.5 Å². The van der Waals surface area contributed by atoms with Gasteiger partial charge in [-0.1, -0.05) is 336 Å². The number of nitrogens with one attached hydrogen (secondary N) is 1. The molecule has 1 rings (SSSR count). The number of unbranched alkanes of at least 4 members (excludes halogenated alkanes) is 36. The van der Waals surface area contributed by atoms with Crippen molar-refractivity contribution >= 4 is 5.91 Å². The van der Waals surface area contributed by atoms with Crippen LogP contribution in [0.3, 0.4) is 0 Å². The van der Waals surface area contributed by atoms with Crippen LogP contribution in [0.15, 0.2) is 97.2 Å². The fourth-order valence-corrected chi connectivity index (χ4v) is 11.1. The maximum absolute atomic E-state index is 13.1. The third-order valence-corrected chi connectivity index (χ3v) is 16.7. The molecule has 0 aromatic carbocycles. The summed E-state index contributed by atoms with van der Waals surface area (Å²) in [5, 5.41) is 55.0. The van der Waals surface area contributed by atoms with Crippen LogP contribution in [0.25, 0.3) is 0 Å². The highest BCUT2D eigenvalue weighted by Gasteiger charge is 2.44. The van der Waals surface area contributed by atoms with Crippen LogP contribution in [0.1, 0.15) is 322 Å². The highest BCUT2D eigenvalue weighted by Crippen LogP contribution is 2.24. The van der Waals surface area contributed by atoms with Gasteiger partial charge in [0.2, 0.25) is 5.91 Å². The van der Waals surface area contributed by atoms with Crippen LogP contribution in [0, 0.1) is 0 Å². The summed E-state index contributed by atoms with van der Waals surface area (Å²) < 4.78 is 11.4. The molecule has 0 bridgehead atoms. The highest BCUT2D eigenvalue weighted by atomic mass is 16.7. The van der Waals surface area contributed by atoms with Gasteiger partial charge in [0.05, 0.1) is 25.4 Å². The molecule has 1 heterocycles. The molecular formula is C76H135NO8. The summed E-state index contributed by atoms with van der Waals surface area (Å²) in [5.74, 6) is -0.168. The van der Waals surface area contributed by atoms with E-state index < -0.39 is 49.5 Å². The molecule has 0 aliphatic carbocycles. The van der Waals surface area contributed by atoms with Gasteiger partial charge in [-0.05, 0) is 77.0 Å². The van der Waals surface area contributed by atoms with Crippen molar-refractivity contribution < 1.29 is 39.8 Å². The molecule has 492 valence electrons. The van der Waals surface area contributed by atoms with Gasteiger partial charge in [0, 0.05) is 6.42 Å². The number of hydrogen-bond acceptors (Lipinski definition) is 8. The van der Waals surface area contributed by atoms with Crippen LogP contribution in [-0.2, 0) is 14.3 Å². The predicted molar refractivity (Wildman–Crippen MR) is 364 cm³/mol. The standard InChI is InChI=1S/C76H135NO8/c1-3-5-7-9-11-13-15-17-19-21-23-25-27-29-31-33-34-35-36-38-39-41-43-45-47-49-51-53-55-57-59-61-63-65-70(79)69(68-84-76-75(83)74(82)73(81)71(67-78)85-76)77-72(80)66-64-62-60-58-56-54-52-50-48-46-44-42-40-37-32-30-28-26-24-22-20-18-16-14-12-10-8-6-4-2/h6,8,12,14,18,20,24,26,30,32,40,42,46,48,52,54,69-71,73-76,78-79,81-83H,3-5,7,9-11,13,15-17,19,21-23,25,27-29,31,33-39,41,43-45,47,49-51,53,55-68H2,1-2H3,(H,77,80)/b8-6-,14-12-,20-18-,26-24-,32-30-,42-40-,48-46-,54-52-. The number of carbonyl (C=O) groups excluding carboxylic acids is 1. The Kier molecular flexibility index (Phi) is 60.4. The Morgan fingerprint density at radius 3 is 1.08 bits per heavy atom. The Balaban J connectivity index is 2.14. The second kappa shape index (κ2) is 64.1.